The standard InChI is InChI=1S/C9H10N4O4/c1-11-5-6(10-8(11)17-4-14)12(2)9(16)13(3)7(5)15/h4H,1-3H3. The summed E-state index contributed by atoms with van der Waals surface area (Å²) in [4.78, 5) is 37.7. The quantitative estimate of drug-likeness (QED) is 0.594. The third kappa shape index (κ3) is 1.37. The third-order valence-electron chi connectivity index (χ3n) is 2.59. The van der Waals surface area contributed by atoms with Crippen LogP contribution in [0.5, 0.6) is 6.01 Å². The van der Waals surface area contributed by atoms with Gasteiger partial charge < -0.3 is 4.74 Å². The Morgan fingerprint density at radius 2 is 1.76 bits per heavy atom. The normalized spacial score (nSPS) is 10.8. The highest BCUT2D eigenvalue weighted by molar-refractivity contribution is 5.72. The van der Waals surface area contributed by atoms with Gasteiger partial charge in [-0.2, -0.15) is 4.98 Å². The number of aryl methyl sites for hydroxylation is 2. The van der Waals surface area contributed by atoms with E-state index in [4.69, 9.17) is 0 Å². The minimum atomic E-state index is -0.488. The molecule has 2 rings (SSSR count). The maximum atomic E-state index is 11.9. The van der Waals surface area contributed by atoms with Crippen LogP contribution in [0.25, 0.3) is 11.2 Å². The Kier molecular flexibility index (Phi) is 2.34. The molecule has 8 heteroatoms. The number of carbonyl (C=O) groups is 1. The van der Waals surface area contributed by atoms with Crippen LogP contribution in [-0.4, -0.2) is 25.2 Å². The summed E-state index contributed by atoms with van der Waals surface area (Å²) in [6, 6.07) is -0.0340. The third-order valence-corrected chi connectivity index (χ3v) is 2.59. The minimum absolute atomic E-state index is 0.0340. The molecule has 2 aromatic heterocycles. The van der Waals surface area contributed by atoms with Crippen LogP contribution in [0.3, 0.4) is 0 Å². The highest BCUT2D eigenvalue weighted by Gasteiger charge is 2.17. The van der Waals surface area contributed by atoms with Crippen LogP contribution in [-0.2, 0) is 25.9 Å². The summed E-state index contributed by atoms with van der Waals surface area (Å²) in [5.74, 6) is 0. The number of aromatic nitrogens is 4. The van der Waals surface area contributed by atoms with Crippen LogP contribution in [0.1, 0.15) is 0 Å². The molecule has 0 unspecified atom stereocenters. The van der Waals surface area contributed by atoms with Gasteiger partial charge in [-0.05, 0) is 0 Å². The van der Waals surface area contributed by atoms with Crippen molar-refractivity contribution in [3.63, 3.8) is 0 Å². The molecule has 0 aliphatic rings. The van der Waals surface area contributed by atoms with Crippen molar-refractivity contribution in [3.8, 4) is 6.01 Å². The van der Waals surface area contributed by atoms with Crippen molar-refractivity contribution in [1.29, 1.82) is 0 Å². The lowest BCUT2D eigenvalue weighted by Crippen LogP contribution is -2.37. The molecule has 0 aliphatic carbocycles. The second-order valence-electron chi connectivity index (χ2n) is 3.55. The van der Waals surface area contributed by atoms with Crippen molar-refractivity contribution in [3.05, 3.63) is 20.8 Å². The molecule has 0 radical (unpaired) electrons. The molecule has 0 amide bonds. The molecule has 0 saturated carbocycles. The van der Waals surface area contributed by atoms with Gasteiger partial charge >= 0.3 is 18.2 Å². The van der Waals surface area contributed by atoms with Crippen molar-refractivity contribution in [2.75, 3.05) is 0 Å². The highest BCUT2D eigenvalue weighted by Crippen LogP contribution is 2.14. The first-order valence-electron chi connectivity index (χ1n) is 4.71. The molecular weight excluding hydrogens is 228 g/mol. The van der Waals surface area contributed by atoms with E-state index in [1.807, 2.05) is 0 Å². The summed E-state index contributed by atoms with van der Waals surface area (Å²) in [7, 11) is 4.39. The molecule has 0 aromatic carbocycles. The zero-order chi connectivity index (χ0) is 12.7. The molecule has 0 aliphatic heterocycles. The van der Waals surface area contributed by atoms with E-state index in [-0.39, 0.29) is 23.6 Å². The Hall–Kier alpha value is -2.38. The zero-order valence-electron chi connectivity index (χ0n) is 9.50. The summed E-state index contributed by atoms with van der Waals surface area (Å²) in [6.07, 6.45) is 0. The smallest absolute Gasteiger partial charge is 0.332 e. The van der Waals surface area contributed by atoms with Gasteiger partial charge in [0.1, 0.15) is 0 Å². The predicted octanol–water partition coefficient (Wildman–Crippen LogP) is -1.49. The lowest BCUT2D eigenvalue weighted by atomic mass is 10.5. The first-order valence-corrected chi connectivity index (χ1v) is 4.71. The maximum absolute atomic E-state index is 11.9. The number of ether oxygens (including phenoxy) is 1. The van der Waals surface area contributed by atoms with Crippen LogP contribution in [0.2, 0.25) is 0 Å². The number of imidazole rings is 1. The molecule has 0 saturated heterocycles. The Balaban J connectivity index is 3.02. The maximum Gasteiger partial charge on any atom is 0.332 e. The second-order valence-corrected chi connectivity index (χ2v) is 3.55. The molecule has 8 nitrogen and oxygen atoms in total. The fraction of sp³-hybridized carbons (Fsp3) is 0.333. The van der Waals surface area contributed by atoms with E-state index in [1.165, 1.54) is 30.3 Å². The van der Waals surface area contributed by atoms with Crippen molar-refractivity contribution in [2.45, 2.75) is 0 Å². The Morgan fingerprint density at radius 1 is 1.12 bits per heavy atom. The molecule has 17 heavy (non-hydrogen) atoms. The highest BCUT2D eigenvalue weighted by atomic mass is 16.5. The van der Waals surface area contributed by atoms with Crippen LogP contribution >= 0.6 is 0 Å². The number of hydrogen-bond donors (Lipinski definition) is 0. The average molecular weight is 238 g/mol. The van der Waals surface area contributed by atoms with Gasteiger partial charge in [0, 0.05) is 21.1 Å². The van der Waals surface area contributed by atoms with Crippen molar-refractivity contribution in [2.24, 2.45) is 21.1 Å². The Bertz CT molecular complexity index is 721. The number of hydrogen-bond acceptors (Lipinski definition) is 5. The number of rotatable bonds is 2. The van der Waals surface area contributed by atoms with Crippen molar-refractivity contribution in [1.82, 2.24) is 18.7 Å². The average Bonchev–Trinajstić information content (AvgIpc) is 2.62. The topological polar surface area (TPSA) is 88.1 Å². The first kappa shape index (κ1) is 11.1. The van der Waals surface area contributed by atoms with Crippen molar-refractivity contribution >= 4 is 17.6 Å². The van der Waals surface area contributed by atoms with Gasteiger partial charge in [-0.1, -0.05) is 0 Å². The van der Waals surface area contributed by atoms with Gasteiger partial charge in [0.05, 0.1) is 0 Å². The molecule has 0 fully saturated rings. The van der Waals surface area contributed by atoms with E-state index in [0.29, 0.717) is 0 Å². The van der Waals surface area contributed by atoms with Crippen LogP contribution in [0, 0.1) is 0 Å². The second kappa shape index (κ2) is 3.58. The molecule has 0 atom stereocenters. The molecule has 0 bridgehead atoms. The van der Waals surface area contributed by atoms with Crippen molar-refractivity contribution < 1.29 is 9.53 Å². The lowest BCUT2D eigenvalue weighted by molar-refractivity contribution is -0.121. The van der Waals surface area contributed by atoms with Crippen LogP contribution in [0.4, 0.5) is 0 Å². The fourth-order valence-electron chi connectivity index (χ4n) is 1.65. The van der Waals surface area contributed by atoms with Crippen LogP contribution < -0.4 is 16.0 Å². The van der Waals surface area contributed by atoms with E-state index < -0.39 is 11.2 Å². The van der Waals surface area contributed by atoms with E-state index in [0.717, 1.165) is 4.57 Å². The van der Waals surface area contributed by atoms with E-state index in [1.54, 1.807) is 0 Å². The summed E-state index contributed by atoms with van der Waals surface area (Å²) >= 11 is 0. The largest absolute Gasteiger partial charge is 0.394 e. The van der Waals surface area contributed by atoms with E-state index >= 15 is 0 Å². The Labute approximate surface area is 94.7 Å². The van der Waals surface area contributed by atoms with Crippen LogP contribution in [0.15, 0.2) is 9.59 Å². The van der Waals surface area contributed by atoms with Gasteiger partial charge in [0.15, 0.2) is 11.2 Å². The number of nitrogens with zero attached hydrogens (tertiary/aromatic N) is 4. The monoisotopic (exact) mass is 238 g/mol. The van der Waals surface area contributed by atoms with Gasteiger partial charge in [-0.3, -0.25) is 23.3 Å². The summed E-state index contributed by atoms with van der Waals surface area (Å²) in [6.45, 7) is 0.212. The van der Waals surface area contributed by atoms with E-state index in [2.05, 4.69) is 9.72 Å². The summed E-state index contributed by atoms with van der Waals surface area (Å²) in [5.41, 5.74) is -0.596. The van der Waals surface area contributed by atoms with E-state index in [9.17, 15) is 14.4 Å². The predicted molar refractivity (Wildman–Crippen MR) is 57.9 cm³/mol. The fourth-order valence-corrected chi connectivity index (χ4v) is 1.65. The zero-order valence-corrected chi connectivity index (χ0v) is 9.50. The molecule has 2 heterocycles. The molecule has 2 aromatic rings. The first-order chi connectivity index (χ1) is 7.99. The number of fused-ring (bicyclic) bond motifs is 1. The molecular formula is C9H10N4O4. The summed E-state index contributed by atoms with van der Waals surface area (Å²) in [5, 5.41) is 0. The molecule has 0 spiro atoms. The Morgan fingerprint density at radius 3 is 2.35 bits per heavy atom. The van der Waals surface area contributed by atoms with Gasteiger partial charge in [0.2, 0.25) is 0 Å². The summed E-state index contributed by atoms with van der Waals surface area (Å²) < 4.78 is 8.13. The lowest BCUT2D eigenvalue weighted by Gasteiger charge is -2.02. The minimum Gasteiger partial charge on any atom is -0.394 e. The SMILES string of the molecule is Cn1c(=O)c2c(nc(OC=O)n2C)n(C)c1=O. The van der Waals surface area contributed by atoms with Gasteiger partial charge in [0.25, 0.3) is 5.56 Å². The molecule has 90 valence electrons. The number of carbonyl (C=O) groups excluding carboxylic acids is 1. The van der Waals surface area contributed by atoms with Gasteiger partial charge in [-0.15, -0.1) is 0 Å². The molecule has 0 N–H and O–H groups in total. The van der Waals surface area contributed by atoms with Gasteiger partial charge in [-0.25, -0.2) is 4.79 Å².